The van der Waals surface area contributed by atoms with Gasteiger partial charge < -0.3 is 14.6 Å². The third kappa shape index (κ3) is 2.93. The largest absolute Gasteiger partial charge is 0.479 e. The summed E-state index contributed by atoms with van der Waals surface area (Å²) >= 11 is 0. The first-order chi connectivity index (χ1) is 8.08. The number of aliphatic carboxylic acids is 1. The normalized spacial score (nSPS) is 28.9. The third-order valence-electron chi connectivity index (χ3n) is 3.05. The van der Waals surface area contributed by atoms with Crippen molar-refractivity contribution in [1.82, 2.24) is 4.90 Å². The summed E-state index contributed by atoms with van der Waals surface area (Å²) in [6.07, 6.45) is -0.509. The molecule has 2 atom stereocenters. The summed E-state index contributed by atoms with van der Waals surface area (Å²) in [4.78, 5) is 24.6. The number of carbonyl (C=O) groups is 2. The van der Waals surface area contributed by atoms with E-state index in [0.29, 0.717) is 6.54 Å². The monoisotopic (exact) mass is 259 g/mol. The summed E-state index contributed by atoms with van der Waals surface area (Å²) in [5.74, 6) is -1.08. The van der Waals surface area contributed by atoms with Crippen molar-refractivity contribution < 1.29 is 24.2 Å². The van der Waals surface area contributed by atoms with Crippen LogP contribution in [0.15, 0.2) is 0 Å². The Morgan fingerprint density at radius 3 is 2.44 bits per heavy atom. The van der Waals surface area contributed by atoms with E-state index in [2.05, 4.69) is 0 Å². The molecule has 1 saturated heterocycles. The molecule has 0 saturated carbocycles. The zero-order chi connectivity index (χ0) is 14.1. The van der Waals surface area contributed by atoms with Crippen LogP contribution in [0.4, 0.5) is 4.79 Å². The fourth-order valence-electron chi connectivity index (χ4n) is 1.78. The van der Waals surface area contributed by atoms with Crippen LogP contribution in [0.2, 0.25) is 0 Å². The highest BCUT2D eigenvalue weighted by Crippen LogP contribution is 2.26. The van der Waals surface area contributed by atoms with Gasteiger partial charge in [-0.25, -0.2) is 9.59 Å². The van der Waals surface area contributed by atoms with Gasteiger partial charge >= 0.3 is 12.1 Å². The molecule has 0 spiro atoms. The van der Waals surface area contributed by atoms with E-state index in [1.54, 1.807) is 27.7 Å². The van der Waals surface area contributed by atoms with Crippen LogP contribution in [0.3, 0.4) is 0 Å². The molecule has 18 heavy (non-hydrogen) atoms. The van der Waals surface area contributed by atoms with Gasteiger partial charge in [-0.05, 0) is 34.6 Å². The Morgan fingerprint density at radius 1 is 1.44 bits per heavy atom. The highest BCUT2D eigenvalue weighted by Gasteiger charge is 2.48. The van der Waals surface area contributed by atoms with Gasteiger partial charge in [0.15, 0.2) is 5.60 Å². The van der Waals surface area contributed by atoms with Crippen molar-refractivity contribution in [2.75, 3.05) is 13.2 Å². The highest BCUT2D eigenvalue weighted by atomic mass is 16.6. The molecule has 1 fully saturated rings. The van der Waals surface area contributed by atoms with Crippen LogP contribution in [0.25, 0.3) is 0 Å². The van der Waals surface area contributed by atoms with Gasteiger partial charge in [-0.15, -0.1) is 0 Å². The number of rotatable bonds is 1. The molecule has 0 bridgehead atoms. The van der Waals surface area contributed by atoms with Crippen LogP contribution in [0.5, 0.6) is 0 Å². The number of carboxylic acids is 1. The molecule has 1 heterocycles. The minimum atomic E-state index is -1.39. The molecule has 104 valence electrons. The van der Waals surface area contributed by atoms with Crippen molar-refractivity contribution >= 4 is 12.1 Å². The molecule has 0 radical (unpaired) electrons. The van der Waals surface area contributed by atoms with Gasteiger partial charge in [0.2, 0.25) is 0 Å². The lowest BCUT2D eigenvalue weighted by atomic mass is 9.95. The van der Waals surface area contributed by atoms with Gasteiger partial charge in [0.1, 0.15) is 5.60 Å². The molecule has 0 aliphatic carbocycles. The van der Waals surface area contributed by atoms with E-state index >= 15 is 0 Å². The number of carboxylic acid groups (broad SMARTS) is 1. The van der Waals surface area contributed by atoms with Crippen LogP contribution in [-0.4, -0.2) is 52.5 Å². The molecule has 6 nitrogen and oxygen atoms in total. The fourth-order valence-corrected chi connectivity index (χ4v) is 1.78. The number of amides is 1. The summed E-state index contributed by atoms with van der Waals surface area (Å²) in [7, 11) is 0. The van der Waals surface area contributed by atoms with E-state index in [0.717, 1.165) is 0 Å². The Kier molecular flexibility index (Phi) is 3.90. The molecule has 1 rings (SSSR count). The van der Waals surface area contributed by atoms with Crippen molar-refractivity contribution in [1.29, 1.82) is 0 Å². The van der Waals surface area contributed by atoms with E-state index in [1.807, 2.05) is 0 Å². The smallest absolute Gasteiger partial charge is 0.410 e. The van der Waals surface area contributed by atoms with Crippen molar-refractivity contribution in [3.05, 3.63) is 0 Å². The van der Waals surface area contributed by atoms with Gasteiger partial charge in [-0.2, -0.15) is 0 Å². The lowest BCUT2D eigenvalue weighted by Crippen LogP contribution is -2.62. The molecule has 0 aromatic heterocycles. The first-order valence-corrected chi connectivity index (χ1v) is 5.95. The Hall–Kier alpha value is -1.30. The molecule has 1 amide bonds. The molecule has 0 aromatic rings. The molecule has 0 aromatic carbocycles. The maximum Gasteiger partial charge on any atom is 0.410 e. The average Bonchev–Trinajstić information content (AvgIpc) is 2.19. The van der Waals surface area contributed by atoms with Crippen LogP contribution >= 0.6 is 0 Å². The van der Waals surface area contributed by atoms with Gasteiger partial charge in [-0.1, -0.05) is 0 Å². The summed E-state index contributed by atoms with van der Waals surface area (Å²) < 4.78 is 10.6. The van der Waals surface area contributed by atoms with Crippen molar-refractivity contribution in [2.45, 2.75) is 51.9 Å². The topological polar surface area (TPSA) is 76.1 Å². The molecule has 2 unspecified atom stereocenters. The first-order valence-electron chi connectivity index (χ1n) is 5.95. The summed E-state index contributed by atoms with van der Waals surface area (Å²) in [6.45, 7) is 8.95. The second-order valence-corrected chi connectivity index (χ2v) is 5.61. The minimum Gasteiger partial charge on any atom is -0.479 e. The predicted octanol–water partition coefficient (Wildman–Crippen LogP) is 1.49. The van der Waals surface area contributed by atoms with E-state index in [-0.39, 0.29) is 6.61 Å². The highest BCUT2D eigenvalue weighted by molar-refractivity contribution is 5.80. The second-order valence-electron chi connectivity index (χ2n) is 5.61. The molecule has 1 aliphatic heterocycles. The average molecular weight is 259 g/mol. The first kappa shape index (κ1) is 14.8. The van der Waals surface area contributed by atoms with E-state index < -0.39 is 29.3 Å². The number of ether oxygens (including phenoxy) is 2. The zero-order valence-corrected chi connectivity index (χ0v) is 11.5. The van der Waals surface area contributed by atoms with Gasteiger partial charge in [0, 0.05) is 6.54 Å². The molecular formula is C12H21NO5. The number of morpholine rings is 1. The van der Waals surface area contributed by atoms with E-state index in [1.165, 1.54) is 11.8 Å². The predicted molar refractivity (Wildman–Crippen MR) is 64.4 cm³/mol. The Labute approximate surface area is 107 Å². The summed E-state index contributed by atoms with van der Waals surface area (Å²) in [5, 5.41) is 9.20. The second kappa shape index (κ2) is 4.76. The maximum atomic E-state index is 12.0. The lowest BCUT2D eigenvalue weighted by molar-refractivity contribution is -0.182. The Balaban J connectivity index is 2.84. The minimum absolute atomic E-state index is 0.187. The van der Waals surface area contributed by atoms with Crippen LogP contribution in [0, 0.1) is 0 Å². The number of hydrogen-bond acceptors (Lipinski definition) is 4. The van der Waals surface area contributed by atoms with Gasteiger partial charge in [0.05, 0.1) is 12.6 Å². The molecule has 1 N–H and O–H groups in total. The quantitative estimate of drug-likeness (QED) is 0.772. The third-order valence-corrected chi connectivity index (χ3v) is 3.05. The van der Waals surface area contributed by atoms with Gasteiger partial charge in [0.25, 0.3) is 0 Å². The van der Waals surface area contributed by atoms with E-state index in [4.69, 9.17) is 9.47 Å². The van der Waals surface area contributed by atoms with Crippen molar-refractivity contribution in [3.63, 3.8) is 0 Å². The van der Waals surface area contributed by atoms with Crippen LogP contribution < -0.4 is 0 Å². The maximum absolute atomic E-state index is 12.0. The Morgan fingerprint density at radius 2 is 2.00 bits per heavy atom. The molecule has 6 heteroatoms. The summed E-state index contributed by atoms with van der Waals surface area (Å²) in [6, 6.07) is -0.585. The lowest BCUT2D eigenvalue weighted by Gasteiger charge is -2.43. The fraction of sp³-hybridized carbons (Fsp3) is 0.833. The Bertz CT molecular complexity index is 349. The van der Waals surface area contributed by atoms with Crippen molar-refractivity contribution in [2.24, 2.45) is 0 Å². The number of carbonyl (C=O) groups excluding carboxylic acids is 1. The number of nitrogens with zero attached hydrogens (tertiary/aromatic N) is 1. The van der Waals surface area contributed by atoms with Crippen LogP contribution in [-0.2, 0) is 14.3 Å². The molecular weight excluding hydrogens is 238 g/mol. The summed E-state index contributed by atoms with van der Waals surface area (Å²) in [5.41, 5.74) is -2.00. The van der Waals surface area contributed by atoms with E-state index in [9.17, 15) is 14.7 Å². The number of hydrogen-bond donors (Lipinski definition) is 1. The van der Waals surface area contributed by atoms with Crippen molar-refractivity contribution in [3.8, 4) is 0 Å². The standard InChI is InChI=1S/C12H21NO5/c1-8-12(5,9(14)15)17-7-6-13(8)10(16)18-11(2,3)4/h8H,6-7H2,1-5H3,(H,14,15). The molecule has 1 aliphatic rings. The zero-order valence-electron chi connectivity index (χ0n) is 11.5. The van der Waals surface area contributed by atoms with Crippen LogP contribution in [0.1, 0.15) is 34.6 Å². The van der Waals surface area contributed by atoms with Gasteiger partial charge in [-0.3, -0.25) is 4.90 Å². The SMILES string of the molecule is CC1N(C(=O)OC(C)(C)C)CCOC1(C)C(=O)O.